The Morgan fingerprint density at radius 3 is 2.61 bits per heavy atom. The summed E-state index contributed by atoms with van der Waals surface area (Å²) in [6.45, 7) is 0.302. The van der Waals surface area contributed by atoms with E-state index in [1.54, 1.807) is 24.3 Å². The molecule has 0 saturated heterocycles. The Balaban J connectivity index is 1.45. The van der Waals surface area contributed by atoms with E-state index in [0.29, 0.717) is 38.7 Å². The normalized spacial score (nSPS) is 11.0. The summed E-state index contributed by atoms with van der Waals surface area (Å²) in [5.74, 6) is 0.163. The van der Waals surface area contributed by atoms with Gasteiger partial charge >= 0.3 is 0 Å². The lowest BCUT2D eigenvalue weighted by Crippen LogP contribution is -2.18. The SMILES string of the molecule is O=C(NN=Cc1ccc(Cl)cc1Cl)c1cc(-c2ccccc2OCc2ccccc2Cl)n[nH]1. The minimum atomic E-state index is -0.454. The number of aromatic amines is 1. The maximum absolute atomic E-state index is 12.5. The van der Waals surface area contributed by atoms with Crippen LogP contribution in [0.3, 0.4) is 0 Å². The summed E-state index contributed by atoms with van der Waals surface area (Å²) < 4.78 is 5.98. The number of nitrogens with zero attached hydrogens (tertiary/aromatic N) is 2. The molecule has 0 saturated carbocycles. The van der Waals surface area contributed by atoms with E-state index >= 15 is 0 Å². The van der Waals surface area contributed by atoms with Gasteiger partial charge in [-0.1, -0.05) is 71.2 Å². The molecule has 0 aliphatic heterocycles. The van der Waals surface area contributed by atoms with Gasteiger partial charge in [-0.05, 0) is 36.4 Å². The molecular formula is C24H17Cl3N4O2. The Morgan fingerprint density at radius 2 is 1.79 bits per heavy atom. The second kappa shape index (κ2) is 10.5. The molecule has 2 N–H and O–H groups in total. The van der Waals surface area contributed by atoms with Crippen molar-refractivity contribution in [2.24, 2.45) is 5.10 Å². The third kappa shape index (κ3) is 5.73. The van der Waals surface area contributed by atoms with Gasteiger partial charge < -0.3 is 4.74 Å². The smallest absolute Gasteiger partial charge is 0.289 e. The van der Waals surface area contributed by atoms with Crippen LogP contribution in [0.25, 0.3) is 11.3 Å². The van der Waals surface area contributed by atoms with Crippen LogP contribution in [0.4, 0.5) is 0 Å². The third-order valence-corrected chi connectivity index (χ3v) is 5.59. The minimum absolute atomic E-state index is 0.241. The van der Waals surface area contributed by atoms with Gasteiger partial charge in [0.1, 0.15) is 18.1 Å². The number of amides is 1. The molecular weight excluding hydrogens is 483 g/mol. The zero-order valence-electron chi connectivity index (χ0n) is 17.1. The predicted molar refractivity (Wildman–Crippen MR) is 131 cm³/mol. The van der Waals surface area contributed by atoms with Crippen LogP contribution in [0.1, 0.15) is 21.6 Å². The first-order chi connectivity index (χ1) is 16.0. The van der Waals surface area contributed by atoms with Gasteiger partial charge in [0.2, 0.25) is 0 Å². The van der Waals surface area contributed by atoms with Gasteiger partial charge in [-0.2, -0.15) is 10.2 Å². The van der Waals surface area contributed by atoms with E-state index in [2.05, 4.69) is 20.7 Å². The van der Waals surface area contributed by atoms with E-state index in [0.717, 1.165) is 11.1 Å². The lowest BCUT2D eigenvalue weighted by molar-refractivity contribution is 0.0950. The molecule has 1 aromatic heterocycles. The lowest BCUT2D eigenvalue weighted by atomic mass is 10.1. The Morgan fingerprint density at radius 1 is 1.00 bits per heavy atom. The largest absolute Gasteiger partial charge is 0.488 e. The maximum atomic E-state index is 12.5. The van der Waals surface area contributed by atoms with E-state index in [4.69, 9.17) is 39.5 Å². The fourth-order valence-electron chi connectivity index (χ4n) is 2.98. The number of H-pyrrole nitrogens is 1. The molecule has 3 aromatic carbocycles. The summed E-state index contributed by atoms with van der Waals surface area (Å²) >= 11 is 18.2. The molecule has 0 unspecified atom stereocenters. The van der Waals surface area contributed by atoms with Crippen LogP contribution in [0.15, 0.2) is 77.9 Å². The number of nitrogens with one attached hydrogen (secondary N) is 2. The van der Waals surface area contributed by atoms with Crippen molar-refractivity contribution in [1.29, 1.82) is 0 Å². The van der Waals surface area contributed by atoms with Crippen LogP contribution in [0.5, 0.6) is 5.75 Å². The molecule has 0 aliphatic rings. The van der Waals surface area contributed by atoms with Crippen LogP contribution in [-0.2, 0) is 6.61 Å². The summed E-state index contributed by atoms with van der Waals surface area (Å²) in [7, 11) is 0. The second-order valence-electron chi connectivity index (χ2n) is 6.91. The molecule has 0 aliphatic carbocycles. The number of carbonyl (C=O) groups is 1. The Labute approximate surface area is 205 Å². The summed E-state index contributed by atoms with van der Waals surface area (Å²) in [6.07, 6.45) is 1.44. The van der Waals surface area contributed by atoms with Gasteiger partial charge in [0.15, 0.2) is 0 Å². The quantitative estimate of drug-likeness (QED) is 0.229. The number of hydrazone groups is 1. The predicted octanol–water partition coefficient (Wildman–Crippen LogP) is 6.38. The van der Waals surface area contributed by atoms with Crippen LogP contribution in [0, 0.1) is 0 Å². The molecule has 0 radical (unpaired) electrons. The van der Waals surface area contributed by atoms with Crippen LogP contribution in [-0.4, -0.2) is 22.3 Å². The number of para-hydroxylation sites is 1. The van der Waals surface area contributed by atoms with Crippen molar-refractivity contribution in [3.63, 3.8) is 0 Å². The highest BCUT2D eigenvalue weighted by molar-refractivity contribution is 6.36. The zero-order chi connectivity index (χ0) is 23.2. The molecule has 33 heavy (non-hydrogen) atoms. The van der Waals surface area contributed by atoms with Crippen LogP contribution in [0.2, 0.25) is 15.1 Å². The van der Waals surface area contributed by atoms with Crippen LogP contribution >= 0.6 is 34.8 Å². The minimum Gasteiger partial charge on any atom is -0.488 e. The Kier molecular flexibility index (Phi) is 7.29. The summed E-state index contributed by atoms with van der Waals surface area (Å²) in [5, 5.41) is 12.5. The third-order valence-electron chi connectivity index (χ3n) is 4.66. The fourth-order valence-corrected chi connectivity index (χ4v) is 3.63. The van der Waals surface area contributed by atoms with Gasteiger partial charge in [0.05, 0.1) is 16.9 Å². The van der Waals surface area contributed by atoms with Gasteiger partial charge in [-0.3, -0.25) is 9.89 Å². The highest BCUT2D eigenvalue weighted by Gasteiger charge is 2.14. The molecule has 0 spiro atoms. The fraction of sp³-hybridized carbons (Fsp3) is 0.0417. The van der Waals surface area contributed by atoms with E-state index in [1.165, 1.54) is 6.21 Å². The Bertz CT molecular complexity index is 1320. The van der Waals surface area contributed by atoms with Crippen molar-refractivity contribution < 1.29 is 9.53 Å². The van der Waals surface area contributed by atoms with Crippen molar-refractivity contribution >= 4 is 46.9 Å². The van der Waals surface area contributed by atoms with E-state index in [1.807, 2.05) is 48.5 Å². The number of carbonyl (C=O) groups excluding carboxylic acids is 1. The summed E-state index contributed by atoms with van der Waals surface area (Å²) in [4.78, 5) is 12.5. The number of rotatable bonds is 7. The second-order valence-corrected chi connectivity index (χ2v) is 8.16. The van der Waals surface area contributed by atoms with Crippen molar-refractivity contribution in [2.45, 2.75) is 6.61 Å². The first-order valence-electron chi connectivity index (χ1n) is 9.81. The van der Waals surface area contributed by atoms with Gasteiger partial charge in [0.25, 0.3) is 5.91 Å². The Hall–Kier alpha value is -3.32. The summed E-state index contributed by atoms with van der Waals surface area (Å²) in [6, 6.07) is 21.5. The molecule has 4 rings (SSSR count). The van der Waals surface area contributed by atoms with Crippen molar-refractivity contribution in [3.8, 4) is 17.0 Å². The average Bonchev–Trinajstić information content (AvgIpc) is 3.30. The molecule has 0 fully saturated rings. The van der Waals surface area contributed by atoms with E-state index in [-0.39, 0.29) is 5.69 Å². The first kappa shape index (κ1) is 22.9. The number of hydrogen-bond donors (Lipinski definition) is 2. The highest BCUT2D eigenvalue weighted by Crippen LogP contribution is 2.30. The average molecular weight is 500 g/mol. The number of hydrogen-bond acceptors (Lipinski definition) is 4. The van der Waals surface area contributed by atoms with Crippen molar-refractivity contribution in [1.82, 2.24) is 15.6 Å². The number of benzene rings is 3. The van der Waals surface area contributed by atoms with Gasteiger partial charge in [-0.15, -0.1) is 0 Å². The number of ether oxygens (including phenoxy) is 1. The van der Waals surface area contributed by atoms with Crippen molar-refractivity contribution in [2.75, 3.05) is 0 Å². The molecule has 0 bridgehead atoms. The molecule has 9 heteroatoms. The van der Waals surface area contributed by atoms with Crippen molar-refractivity contribution in [3.05, 3.63) is 105 Å². The lowest BCUT2D eigenvalue weighted by Gasteiger charge is -2.11. The standard InChI is InChI=1S/C24H17Cl3N4O2/c25-17-10-9-15(20(27)11-17)13-28-31-24(32)22-12-21(29-30-22)18-6-2-4-8-23(18)33-14-16-5-1-3-7-19(16)26/h1-13H,14H2,(H,29,30)(H,31,32). The molecule has 4 aromatic rings. The number of halogens is 3. The number of aromatic nitrogens is 2. The summed E-state index contributed by atoms with van der Waals surface area (Å²) in [5.41, 5.74) is 5.46. The van der Waals surface area contributed by atoms with E-state index < -0.39 is 5.91 Å². The molecule has 6 nitrogen and oxygen atoms in total. The zero-order valence-corrected chi connectivity index (χ0v) is 19.3. The van der Waals surface area contributed by atoms with Crippen LogP contribution < -0.4 is 10.2 Å². The topological polar surface area (TPSA) is 79.4 Å². The van der Waals surface area contributed by atoms with Gasteiger partial charge in [0, 0.05) is 26.7 Å². The van der Waals surface area contributed by atoms with Gasteiger partial charge in [-0.25, -0.2) is 5.43 Å². The monoisotopic (exact) mass is 498 g/mol. The molecule has 1 heterocycles. The maximum Gasteiger partial charge on any atom is 0.289 e. The first-order valence-corrected chi connectivity index (χ1v) is 10.9. The van der Waals surface area contributed by atoms with E-state index in [9.17, 15) is 4.79 Å². The molecule has 1 amide bonds. The highest BCUT2D eigenvalue weighted by atomic mass is 35.5. The molecule has 0 atom stereocenters. The molecule has 166 valence electrons.